The van der Waals surface area contributed by atoms with Crippen LogP contribution >= 0.6 is 11.8 Å². The molecule has 0 spiro atoms. The van der Waals surface area contributed by atoms with Gasteiger partial charge in [-0.3, -0.25) is 14.2 Å². The SMILES string of the molecule is C[C@@H]1CO[C@@H](C)CN1C(=O)c1cnc2n(c1=O)CCS2. The Labute approximate surface area is 121 Å². The maximum Gasteiger partial charge on any atom is 0.267 e. The van der Waals surface area contributed by atoms with Gasteiger partial charge < -0.3 is 9.64 Å². The van der Waals surface area contributed by atoms with Gasteiger partial charge in [0.1, 0.15) is 5.56 Å². The van der Waals surface area contributed by atoms with Gasteiger partial charge in [0, 0.05) is 25.0 Å². The molecule has 1 saturated heterocycles. The molecule has 7 heteroatoms. The van der Waals surface area contributed by atoms with Crippen molar-refractivity contribution in [1.82, 2.24) is 14.5 Å². The van der Waals surface area contributed by atoms with Gasteiger partial charge in [-0.15, -0.1) is 0 Å². The fourth-order valence-electron chi connectivity index (χ4n) is 2.51. The minimum absolute atomic E-state index is 0.00385. The van der Waals surface area contributed by atoms with Crippen molar-refractivity contribution < 1.29 is 9.53 Å². The summed E-state index contributed by atoms with van der Waals surface area (Å²) >= 11 is 1.55. The van der Waals surface area contributed by atoms with Crippen LogP contribution in [0.1, 0.15) is 24.2 Å². The van der Waals surface area contributed by atoms with Crippen LogP contribution in [0.2, 0.25) is 0 Å². The van der Waals surface area contributed by atoms with Crippen molar-refractivity contribution in [2.75, 3.05) is 18.9 Å². The summed E-state index contributed by atoms with van der Waals surface area (Å²) in [6.45, 7) is 5.50. The Morgan fingerprint density at radius 3 is 3.10 bits per heavy atom. The van der Waals surface area contributed by atoms with Crippen LogP contribution in [0.4, 0.5) is 0 Å². The molecule has 1 amide bonds. The lowest BCUT2D eigenvalue weighted by Gasteiger charge is -2.36. The van der Waals surface area contributed by atoms with Gasteiger partial charge in [0.2, 0.25) is 0 Å². The topological polar surface area (TPSA) is 64.4 Å². The van der Waals surface area contributed by atoms with E-state index in [9.17, 15) is 9.59 Å². The number of thioether (sulfide) groups is 1. The molecule has 0 radical (unpaired) electrons. The van der Waals surface area contributed by atoms with Gasteiger partial charge >= 0.3 is 0 Å². The predicted molar refractivity (Wildman–Crippen MR) is 75.1 cm³/mol. The minimum Gasteiger partial charge on any atom is -0.375 e. The molecule has 2 aliphatic heterocycles. The molecule has 0 bridgehead atoms. The maximum absolute atomic E-state index is 12.6. The average Bonchev–Trinajstić information content (AvgIpc) is 2.90. The van der Waals surface area contributed by atoms with Crippen molar-refractivity contribution in [1.29, 1.82) is 0 Å². The molecule has 0 N–H and O–H groups in total. The van der Waals surface area contributed by atoms with Crippen LogP contribution in [0.3, 0.4) is 0 Å². The van der Waals surface area contributed by atoms with Crippen molar-refractivity contribution in [3.05, 3.63) is 22.1 Å². The fourth-order valence-corrected chi connectivity index (χ4v) is 3.42. The molecule has 2 aliphatic rings. The standard InChI is InChI=1S/C13H17N3O3S/c1-8-7-19-9(2)6-16(8)12(18)10-5-14-13-15(11(10)17)3-4-20-13/h5,8-9H,3-4,6-7H2,1-2H3/t8-,9+/m1/s1. The Bertz CT molecular complexity index is 601. The van der Waals surface area contributed by atoms with Gasteiger partial charge in [-0.1, -0.05) is 11.8 Å². The van der Waals surface area contributed by atoms with Crippen molar-refractivity contribution in [3.8, 4) is 0 Å². The molecule has 1 aromatic rings. The maximum atomic E-state index is 12.6. The first-order valence-corrected chi connectivity index (χ1v) is 7.71. The van der Waals surface area contributed by atoms with E-state index in [2.05, 4.69) is 4.98 Å². The number of carbonyl (C=O) groups excluding carboxylic acids is 1. The van der Waals surface area contributed by atoms with E-state index in [1.54, 1.807) is 21.2 Å². The predicted octanol–water partition coefficient (Wildman–Crippen LogP) is 0.598. The summed E-state index contributed by atoms with van der Waals surface area (Å²) in [4.78, 5) is 30.9. The molecule has 0 saturated carbocycles. The second-order valence-corrected chi connectivity index (χ2v) is 6.27. The third-order valence-corrected chi connectivity index (χ3v) is 4.63. The second kappa shape index (κ2) is 5.21. The lowest BCUT2D eigenvalue weighted by molar-refractivity contribution is -0.0388. The number of ether oxygens (including phenoxy) is 1. The molecule has 0 aliphatic carbocycles. The number of carbonyl (C=O) groups is 1. The molecule has 0 unspecified atom stereocenters. The molecule has 1 aromatic heterocycles. The van der Waals surface area contributed by atoms with E-state index in [0.717, 1.165) is 5.75 Å². The van der Waals surface area contributed by atoms with E-state index in [1.165, 1.54) is 6.20 Å². The van der Waals surface area contributed by atoms with Crippen LogP contribution < -0.4 is 5.56 Å². The quantitative estimate of drug-likeness (QED) is 0.710. The van der Waals surface area contributed by atoms with E-state index in [0.29, 0.717) is 24.9 Å². The number of fused-ring (bicyclic) bond motifs is 1. The second-order valence-electron chi connectivity index (χ2n) is 5.21. The molecule has 20 heavy (non-hydrogen) atoms. The van der Waals surface area contributed by atoms with E-state index in [4.69, 9.17) is 4.74 Å². The fraction of sp³-hybridized carbons (Fsp3) is 0.615. The Balaban J connectivity index is 1.93. The zero-order chi connectivity index (χ0) is 14.3. The molecule has 1 fully saturated rings. The number of nitrogens with zero attached hydrogens (tertiary/aromatic N) is 3. The van der Waals surface area contributed by atoms with E-state index >= 15 is 0 Å². The molecule has 108 valence electrons. The summed E-state index contributed by atoms with van der Waals surface area (Å²) in [7, 11) is 0. The monoisotopic (exact) mass is 295 g/mol. The molecule has 0 aromatic carbocycles. The van der Waals surface area contributed by atoms with Crippen molar-refractivity contribution >= 4 is 17.7 Å². The lowest BCUT2D eigenvalue weighted by atomic mass is 10.1. The first-order valence-electron chi connectivity index (χ1n) is 6.73. The minimum atomic E-state index is -0.239. The van der Waals surface area contributed by atoms with Gasteiger partial charge in [-0.05, 0) is 13.8 Å². The van der Waals surface area contributed by atoms with Gasteiger partial charge in [0.25, 0.3) is 11.5 Å². The average molecular weight is 295 g/mol. The molecule has 6 nitrogen and oxygen atoms in total. The Morgan fingerprint density at radius 2 is 2.30 bits per heavy atom. The highest BCUT2D eigenvalue weighted by atomic mass is 32.2. The third-order valence-electron chi connectivity index (χ3n) is 3.66. The highest BCUT2D eigenvalue weighted by molar-refractivity contribution is 7.99. The van der Waals surface area contributed by atoms with Crippen LogP contribution in [-0.4, -0.2) is 51.4 Å². The summed E-state index contributed by atoms with van der Waals surface area (Å²) < 4.78 is 7.10. The van der Waals surface area contributed by atoms with E-state index in [1.807, 2.05) is 13.8 Å². The summed E-state index contributed by atoms with van der Waals surface area (Å²) in [6.07, 6.45) is 1.41. The molecule has 3 rings (SSSR count). The van der Waals surface area contributed by atoms with Crippen LogP contribution in [0.15, 0.2) is 16.1 Å². The van der Waals surface area contributed by atoms with Crippen LogP contribution in [0.5, 0.6) is 0 Å². The van der Waals surface area contributed by atoms with Crippen molar-refractivity contribution in [3.63, 3.8) is 0 Å². The lowest BCUT2D eigenvalue weighted by Crippen LogP contribution is -2.51. The van der Waals surface area contributed by atoms with E-state index < -0.39 is 0 Å². The van der Waals surface area contributed by atoms with Gasteiger partial charge in [-0.2, -0.15) is 0 Å². The van der Waals surface area contributed by atoms with Crippen LogP contribution in [0.25, 0.3) is 0 Å². The molecule has 2 atom stereocenters. The summed E-state index contributed by atoms with van der Waals surface area (Å²) in [5, 5.41) is 0.704. The summed E-state index contributed by atoms with van der Waals surface area (Å²) in [6, 6.07) is -0.0225. The van der Waals surface area contributed by atoms with Crippen LogP contribution in [0, 0.1) is 0 Å². The van der Waals surface area contributed by atoms with Gasteiger partial charge in [0.05, 0.1) is 18.8 Å². The Hall–Kier alpha value is -1.34. The number of hydrogen-bond acceptors (Lipinski definition) is 5. The van der Waals surface area contributed by atoms with E-state index in [-0.39, 0.29) is 29.2 Å². The summed E-state index contributed by atoms with van der Waals surface area (Å²) in [5.41, 5.74) is -0.0615. The Morgan fingerprint density at radius 1 is 1.50 bits per heavy atom. The van der Waals surface area contributed by atoms with Gasteiger partial charge in [-0.25, -0.2) is 4.98 Å². The third kappa shape index (κ3) is 2.25. The first-order chi connectivity index (χ1) is 9.58. The number of amides is 1. The normalized spacial score (nSPS) is 25.6. The smallest absolute Gasteiger partial charge is 0.267 e. The number of morpholine rings is 1. The number of hydrogen-bond donors (Lipinski definition) is 0. The highest BCUT2D eigenvalue weighted by Crippen LogP contribution is 2.21. The Kier molecular flexibility index (Phi) is 3.55. The van der Waals surface area contributed by atoms with Crippen LogP contribution in [-0.2, 0) is 11.3 Å². The largest absolute Gasteiger partial charge is 0.375 e. The molecular weight excluding hydrogens is 278 g/mol. The number of rotatable bonds is 1. The highest BCUT2D eigenvalue weighted by Gasteiger charge is 2.30. The van der Waals surface area contributed by atoms with Crippen molar-refractivity contribution in [2.24, 2.45) is 0 Å². The molecule has 3 heterocycles. The number of aromatic nitrogens is 2. The summed E-state index contributed by atoms with van der Waals surface area (Å²) in [5.74, 6) is 0.600. The molecular formula is C13H17N3O3S. The first kappa shape index (κ1) is 13.6. The van der Waals surface area contributed by atoms with Crippen molar-refractivity contribution in [2.45, 2.75) is 37.7 Å². The van der Waals surface area contributed by atoms with Gasteiger partial charge in [0.15, 0.2) is 5.16 Å². The zero-order valence-corrected chi connectivity index (χ0v) is 12.4. The zero-order valence-electron chi connectivity index (χ0n) is 11.5.